The van der Waals surface area contributed by atoms with E-state index in [0.717, 1.165) is 52.7 Å². The first-order valence-electron chi connectivity index (χ1n) is 9.94. The van der Waals surface area contributed by atoms with Crippen LogP contribution in [0.5, 0.6) is 5.75 Å². The van der Waals surface area contributed by atoms with E-state index in [2.05, 4.69) is 6.92 Å². The monoisotopic (exact) mass is 400 g/mol. The number of methoxy groups -OCH3 is 1. The van der Waals surface area contributed by atoms with E-state index < -0.39 is 0 Å². The van der Waals surface area contributed by atoms with Gasteiger partial charge in [-0.1, -0.05) is 13.0 Å². The van der Waals surface area contributed by atoms with Crippen molar-refractivity contribution in [2.24, 2.45) is 0 Å². The van der Waals surface area contributed by atoms with E-state index >= 15 is 0 Å². The fourth-order valence-corrected chi connectivity index (χ4v) is 4.06. The maximum Gasteiger partial charge on any atom is 0.333 e. The van der Waals surface area contributed by atoms with Crippen molar-refractivity contribution in [3.8, 4) is 5.75 Å². The first-order chi connectivity index (χ1) is 13.9. The predicted octanol–water partition coefficient (Wildman–Crippen LogP) is 4.95. The molecule has 0 amide bonds. The van der Waals surface area contributed by atoms with Gasteiger partial charge in [-0.2, -0.15) is 0 Å². The van der Waals surface area contributed by atoms with E-state index in [9.17, 15) is 9.59 Å². The lowest BCUT2D eigenvalue weighted by Crippen LogP contribution is -2.15. The van der Waals surface area contributed by atoms with E-state index in [1.807, 2.05) is 0 Å². The maximum atomic E-state index is 12.3. The van der Waals surface area contributed by atoms with Gasteiger partial charge in [-0.05, 0) is 44.6 Å². The van der Waals surface area contributed by atoms with Gasteiger partial charge in [0.05, 0.1) is 13.4 Å². The topological polar surface area (TPSA) is 75.0 Å². The number of esters is 2. The van der Waals surface area contributed by atoms with Gasteiger partial charge in [0, 0.05) is 34.6 Å². The van der Waals surface area contributed by atoms with Crippen LogP contribution < -0.4 is 4.74 Å². The Morgan fingerprint density at radius 2 is 2.00 bits per heavy atom. The van der Waals surface area contributed by atoms with Crippen LogP contribution in [0.25, 0.3) is 11.0 Å². The summed E-state index contributed by atoms with van der Waals surface area (Å²) in [5, 5.41) is 0.807. The smallest absolute Gasteiger partial charge is 0.333 e. The van der Waals surface area contributed by atoms with Crippen molar-refractivity contribution < 1.29 is 28.2 Å². The molecule has 29 heavy (non-hydrogen) atoms. The lowest BCUT2D eigenvalue weighted by Gasteiger charge is -2.28. The van der Waals surface area contributed by atoms with Crippen molar-refractivity contribution in [2.75, 3.05) is 7.11 Å². The molecule has 156 valence electrons. The van der Waals surface area contributed by atoms with Gasteiger partial charge in [0.1, 0.15) is 13.2 Å². The highest BCUT2D eigenvalue weighted by molar-refractivity contribution is 5.93. The average molecular weight is 400 g/mol. The van der Waals surface area contributed by atoms with Crippen molar-refractivity contribution >= 4 is 22.9 Å². The number of carbonyl (C=O) groups is 2. The third-order valence-corrected chi connectivity index (χ3v) is 5.59. The van der Waals surface area contributed by atoms with Gasteiger partial charge in [0.2, 0.25) is 0 Å². The molecule has 0 spiro atoms. The number of rotatable bonds is 6. The highest BCUT2D eigenvalue weighted by Crippen LogP contribution is 2.46. The molecule has 1 aliphatic rings. The molecule has 0 fully saturated rings. The zero-order valence-electron chi connectivity index (χ0n) is 17.7. The normalized spacial score (nSPS) is 16.4. The fourth-order valence-electron chi connectivity index (χ4n) is 4.06. The van der Waals surface area contributed by atoms with E-state index in [-0.39, 0.29) is 25.2 Å². The summed E-state index contributed by atoms with van der Waals surface area (Å²) in [7, 11) is 1.64. The SMILES string of the molecule is C/C=C(\C)C(=O)OCc1c2c(c(OC)c3occ(COC(C)=O)c13)CCC[C@@H]2C. The lowest BCUT2D eigenvalue weighted by molar-refractivity contribution is -0.142. The number of furan rings is 1. The number of carbonyl (C=O) groups excluding carboxylic acids is 2. The van der Waals surface area contributed by atoms with Gasteiger partial charge in [0.15, 0.2) is 11.3 Å². The van der Waals surface area contributed by atoms with Gasteiger partial charge in [-0.3, -0.25) is 4.79 Å². The summed E-state index contributed by atoms with van der Waals surface area (Å²) < 4.78 is 22.4. The molecule has 0 saturated heterocycles. The Hall–Kier alpha value is -2.76. The fraction of sp³-hybridized carbons (Fsp3) is 0.478. The van der Waals surface area contributed by atoms with E-state index in [1.54, 1.807) is 33.3 Å². The molecular formula is C23H28O6. The number of fused-ring (bicyclic) bond motifs is 2. The maximum absolute atomic E-state index is 12.3. The minimum absolute atomic E-state index is 0.0908. The predicted molar refractivity (Wildman–Crippen MR) is 109 cm³/mol. The Morgan fingerprint density at radius 1 is 1.24 bits per heavy atom. The molecule has 0 N–H and O–H groups in total. The second kappa shape index (κ2) is 8.72. The van der Waals surface area contributed by atoms with Gasteiger partial charge in [0.25, 0.3) is 0 Å². The van der Waals surface area contributed by atoms with Crippen molar-refractivity contribution in [1.29, 1.82) is 0 Å². The van der Waals surface area contributed by atoms with Crippen LogP contribution in [0, 0.1) is 0 Å². The second-order valence-corrected chi connectivity index (χ2v) is 7.49. The minimum atomic E-state index is -0.366. The first kappa shape index (κ1) is 21.0. The molecule has 0 aliphatic heterocycles. The summed E-state index contributed by atoms with van der Waals surface area (Å²) in [6.07, 6.45) is 6.32. The Bertz CT molecular complexity index is 966. The summed E-state index contributed by atoms with van der Waals surface area (Å²) in [4.78, 5) is 23.6. The van der Waals surface area contributed by atoms with Crippen molar-refractivity contribution in [3.05, 3.63) is 40.2 Å². The third-order valence-electron chi connectivity index (χ3n) is 5.59. The second-order valence-electron chi connectivity index (χ2n) is 7.49. The van der Waals surface area contributed by atoms with Crippen LogP contribution in [0.1, 0.15) is 68.7 Å². The molecule has 1 aromatic carbocycles. The van der Waals surface area contributed by atoms with Crippen LogP contribution in [-0.4, -0.2) is 19.0 Å². The van der Waals surface area contributed by atoms with Crippen molar-refractivity contribution in [1.82, 2.24) is 0 Å². The van der Waals surface area contributed by atoms with Gasteiger partial charge >= 0.3 is 11.9 Å². The Morgan fingerprint density at radius 3 is 2.66 bits per heavy atom. The van der Waals surface area contributed by atoms with Gasteiger partial charge in [-0.25, -0.2) is 4.79 Å². The molecular weight excluding hydrogens is 372 g/mol. The lowest BCUT2D eigenvalue weighted by atomic mass is 9.79. The highest BCUT2D eigenvalue weighted by atomic mass is 16.5. The van der Waals surface area contributed by atoms with Crippen molar-refractivity contribution in [3.63, 3.8) is 0 Å². The molecule has 0 saturated carbocycles. The summed E-state index contributed by atoms with van der Waals surface area (Å²) >= 11 is 0. The molecule has 1 atom stereocenters. The number of hydrogen-bond donors (Lipinski definition) is 0. The van der Waals surface area contributed by atoms with E-state index in [4.69, 9.17) is 18.6 Å². The molecule has 1 aromatic heterocycles. The Balaban J connectivity index is 2.18. The minimum Gasteiger partial charge on any atom is -0.493 e. The van der Waals surface area contributed by atoms with Crippen LogP contribution in [-0.2, 0) is 38.7 Å². The summed E-state index contributed by atoms with van der Waals surface area (Å²) in [6, 6.07) is 0. The van der Waals surface area contributed by atoms with Crippen LogP contribution in [0.15, 0.2) is 22.3 Å². The Labute approximate surface area is 170 Å². The number of hydrogen-bond acceptors (Lipinski definition) is 6. The molecule has 1 heterocycles. The van der Waals surface area contributed by atoms with Crippen LogP contribution in [0.4, 0.5) is 0 Å². The quantitative estimate of drug-likeness (QED) is 0.504. The van der Waals surface area contributed by atoms with E-state index in [0.29, 0.717) is 17.1 Å². The number of ether oxygens (including phenoxy) is 3. The number of allylic oxidation sites excluding steroid dienone is 1. The van der Waals surface area contributed by atoms with Crippen LogP contribution >= 0.6 is 0 Å². The number of benzene rings is 1. The largest absolute Gasteiger partial charge is 0.493 e. The standard InChI is InChI=1S/C23H28O6/c1-6-13(2)23(25)29-12-18-19-14(3)8-7-9-17(19)21(26-5)22-20(18)16(11-28-22)10-27-15(4)24/h6,11,14H,7-10,12H2,1-5H3/b13-6+/t14-/m0/s1. The summed E-state index contributed by atoms with van der Waals surface area (Å²) in [5.74, 6) is 0.299. The summed E-state index contributed by atoms with van der Waals surface area (Å²) in [5.41, 5.74) is 5.08. The molecule has 0 radical (unpaired) electrons. The van der Waals surface area contributed by atoms with Gasteiger partial charge in [-0.15, -0.1) is 0 Å². The molecule has 0 bridgehead atoms. The van der Waals surface area contributed by atoms with Crippen LogP contribution in [0.3, 0.4) is 0 Å². The molecule has 6 heteroatoms. The first-order valence-corrected chi connectivity index (χ1v) is 9.94. The highest BCUT2D eigenvalue weighted by Gasteiger charge is 2.30. The average Bonchev–Trinajstić information content (AvgIpc) is 3.12. The zero-order valence-corrected chi connectivity index (χ0v) is 17.7. The molecule has 6 nitrogen and oxygen atoms in total. The Kier molecular flexibility index (Phi) is 6.30. The van der Waals surface area contributed by atoms with Crippen molar-refractivity contribution in [2.45, 2.75) is 66.1 Å². The molecule has 0 unspecified atom stereocenters. The van der Waals surface area contributed by atoms with Crippen LogP contribution in [0.2, 0.25) is 0 Å². The molecule has 3 rings (SSSR count). The molecule has 2 aromatic rings. The van der Waals surface area contributed by atoms with E-state index in [1.165, 1.54) is 6.92 Å². The zero-order chi connectivity index (χ0) is 21.1. The third kappa shape index (κ3) is 4.02. The molecule has 1 aliphatic carbocycles. The van der Waals surface area contributed by atoms with Gasteiger partial charge < -0.3 is 18.6 Å². The summed E-state index contributed by atoms with van der Waals surface area (Å²) in [6.45, 7) is 7.30.